The molecule has 0 atom stereocenters. The van der Waals surface area contributed by atoms with Gasteiger partial charge in [0.1, 0.15) is 0 Å². The first kappa shape index (κ1) is 11.9. The maximum absolute atomic E-state index is 11.6. The second-order valence-electron chi connectivity index (χ2n) is 3.78. The summed E-state index contributed by atoms with van der Waals surface area (Å²) in [6.07, 6.45) is 5.03. The van der Waals surface area contributed by atoms with Gasteiger partial charge in [0, 0.05) is 13.2 Å². The molecule has 1 rings (SSSR count). The van der Waals surface area contributed by atoms with Crippen LogP contribution in [0, 0.1) is 0 Å². The number of rotatable bonds is 6. The first-order valence-electron chi connectivity index (χ1n) is 5.26. The highest BCUT2D eigenvalue weighted by molar-refractivity contribution is 7.90. The molecule has 0 aromatic carbocycles. The normalized spacial score (nSPS) is 18.9. The van der Waals surface area contributed by atoms with E-state index in [4.69, 9.17) is 5.11 Å². The topological polar surface area (TPSA) is 66.4 Å². The van der Waals surface area contributed by atoms with Crippen molar-refractivity contribution >= 4 is 10.0 Å². The molecule has 0 aliphatic heterocycles. The van der Waals surface area contributed by atoms with Crippen molar-refractivity contribution in [2.45, 2.75) is 43.8 Å². The van der Waals surface area contributed by atoms with Crippen molar-refractivity contribution in [2.24, 2.45) is 0 Å². The number of nitrogens with one attached hydrogen (secondary N) is 1. The number of aliphatic hydroxyl groups excluding tert-OH is 1. The van der Waals surface area contributed by atoms with Crippen molar-refractivity contribution in [3.05, 3.63) is 0 Å². The third-order valence-electron chi connectivity index (χ3n) is 2.63. The molecule has 0 radical (unpaired) electrons. The van der Waals surface area contributed by atoms with Gasteiger partial charge in [-0.3, -0.25) is 0 Å². The van der Waals surface area contributed by atoms with Gasteiger partial charge in [-0.15, -0.1) is 0 Å². The van der Waals surface area contributed by atoms with E-state index in [1.54, 1.807) is 0 Å². The van der Waals surface area contributed by atoms with E-state index < -0.39 is 10.0 Å². The van der Waals surface area contributed by atoms with Crippen LogP contribution in [0.25, 0.3) is 0 Å². The molecule has 5 heteroatoms. The Labute approximate surface area is 85.8 Å². The molecule has 0 unspecified atom stereocenters. The maximum Gasteiger partial charge on any atom is 0.214 e. The summed E-state index contributed by atoms with van der Waals surface area (Å²) in [7, 11) is -3.07. The summed E-state index contributed by atoms with van der Waals surface area (Å²) >= 11 is 0. The van der Waals surface area contributed by atoms with Crippen LogP contribution in [-0.4, -0.2) is 31.9 Å². The van der Waals surface area contributed by atoms with Gasteiger partial charge in [0.2, 0.25) is 10.0 Å². The van der Waals surface area contributed by atoms with Crippen LogP contribution in [0.3, 0.4) is 0 Å². The molecule has 0 aromatic rings. The van der Waals surface area contributed by atoms with Crippen LogP contribution in [-0.2, 0) is 10.0 Å². The average Bonchev–Trinajstić information content (AvgIpc) is 2.65. The Balaban J connectivity index is 2.26. The highest BCUT2D eigenvalue weighted by Crippen LogP contribution is 2.23. The van der Waals surface area contributed by atoms with E-state index in [1.807, 2.05) is 0 Å². The van der Waals surface area contributed by atoms with Gasteiger partial charge in [0.15, 0.2) is 0 Å². The average molecular weight is 221 g/mol. The zero-order valence-electron chi connectivity index (χ0n) is 8.41. The zero-order chi connectivity index (χ0) is 10.4. The van der Waals surface area contributed by atoms with Crippen molar-refractivity contribution in [3.8, 4) is 0 Å². The molecular weight excluding hydrogens is 202 g/mol. The van der Waals surface area contributed by atoms with Gasteiger partial charge in [0.25, 0.3) is 0 Å². The number of aliphatic hydroxyl groups is 1. The van der Waals surface area contributed by atoms with Crippen LogP contribution in [0.2, 0.25) is 0 Å². The fraction of sp³-hybridized carbons (Fsp3) is 1.00. The second kappa shape index (κ2) is 5.68. The van der Waals surface area contributed by atoms with Crippen molar-refractivity contribution in [3.63, 3.8) is 0 Å². The molecular formula is C9H19NO3S. The summed E-state index contributed by atoms with van der Waals surface area (Å²) in [5.74, 6) is 0. The standard InChI is InChI=1S/C9H19NO3S/c11-8-4-3-7-10-14(12,13)9-5-1-2-6-9/h9-11H,1-8H2. The molecule has 0 saturated heterocycles. The van der Waals surface area contributed by atoms with Crippen molar-refractivity contribution in [2.75, 3.05) is 13.2 Å². The zero-order valence-corrected chi connectivity index (χ0v) is 9.22. The Bertz CT molecular complexity index is 245. The number of hydrogen-bond acceptors (Lipinski definition) is 3. The largest absolute Gasteiger partial charge is 0.396 e. The molecule has 0 spiro atoms. The molecule has 84 valence electrons. The van der Waals surface area contributed by atoms with Crippen molar-refractivity contribution in [1.29, 1.82) is 0 Å². The molecule has 1 saturated carbocycles. The third kappa shape index (κ3) is 3.55. The second-order valence-corrected chi connectivity index (χ2v) is 5.82. The third-order valence-corrected chi connectivity index (χ3v) is 4.58. The lowest BCUT2D eigenvalue weighted by molar-refractivity contribution is 0.285. The smallest absolute Gasteiger partial charge is 0.214 e. The monoisotopic (exact) mass is 221 g/mol. The predicted octanol–water partition coefficient (Wildman–Crippen LogP) is 0.621. The Hall–Kier alpha value is -0.130. The fourth-order valence-corrected chi connectivity index (χ4v) is 3.39. The van der Waals surface area contributed by atoms with E-state index in [1.165, 1.54) is 0 Å². The minimum Gasteiger partial charge on any atom is -0.396 e. The van der Waals surface area contributed by atoms with Gasteiger partial charge in [0.05, 0.1) is 5.25 Å². The summed E-state index contributed by atoms with van der Waals surface area (Å²) in [6.45, 7) is 0.588. The van der Waals surface area contributed by atoms with Gasteiger partial charge in [-0.1, -0.05) is 12.8 Å². The van der Waals surface area contributed by atoms with E-state index in [9.17, 15) is 8.42 Å². The number of unbranched alkanes of at least 4 members (excludes halogenated alkanes) is 1. The lowest BCUT2D eigenvalue weighted by Gasteiger charge is -2.11. The lowest BCUT2D eigenvalue weighted by Crippen LogP contribution is -2.33. The maximum atomic E-state index is 11.6. The first-order chi connectivity index (χ1) is 6.67. The Morgan fingerprint density at radius 1 is 1.21 bits per heavy atom. The molecule has 0 bridgehead atoms. The minimum absolute atomic E-state index is 0.130. The molecule has 4 nitrogen and oxygen atoms in total. The minimum atomic E-state index is -3.07. The first-order valence-corrected chi connectivity index (χ1v) is 6.81. The van der Waals surface area contributed by atoms with Gasteiger partial charge in [-0.05, 0) is 25.7 Å². The van der Waals surface area contributed by atoms with Crippen molar-refractivity contribution in [1.82, 2.24) is 4.72 Å². The molecule has 0 aromatic heterocycles. The predicted molar refractivity (Wildman–Crippen MR) is 55.5 cm³/mol. The van der Waals surface area contributed by atoms with E-state index in [2.05, 4.69) is 4.72 Å². The Kier molecular flexibility index (Phi) is 4.84. The van der Waals surface area contributed by atoms with Crippen LogP contribution in [0.15, 0.2) is 0 Å². The van der Waals surface area contributed by atoms with E-state index in [-0.39, 0.29) is 11.9 Å². The molecule has 2 N–H and O–H groups in total. The van der Waals surface area contributed by atoms with Gasteiger partial charge < -0.3 is 5.11 Å². The van der Waals surface area contributed by atoms with Gasteiger partial charge >= 0.3 is 0 Å². The van der Waals surface area contributed by atoms with Crippen LogP contribution in [0.1, 0.15) is 38.5 Å². The summed E-state index contributed by atoms with van der Waals surface area (Å²) < 4.78 is 25.8. The number of sulfonamides is 1. The van der Waals surface area contributed by atoms with Crippen LogP contribution in [0.5, 0.6) is 0 Å². The molecule has 1 aliphatic rings. The quantitative estimate of drug-likeness (QED) is 0.646. The summed E-state index contributed by atoms with van der Waals surface area (Å²) in [5, 5.41) is 8.36. The van der Waals surface area contributed by atoms with Crippen LogP contribution in [0.4, 0.5) is 0 Å². The summed E-state index contributed by atoms with van der Waals surface area (Å²) in [5.41, 5.74) is 0. The van der Waals surface area contributed by atoms with Gasteiger partial charge in [-0.2, -0.15) is 0 Å². The molecule has 14 heavy (non-hydrogen) atoms. The van der Waals surface area contributed by atoms with E-state index >= 15 is 0 Å². The molecule has 0 amide bonds. The summed E-state index contributed by atoms with van der Waals surface area (Å²) in [6, 6.07) is 0. The van der Waals surface area contributed by atoms with Crippen LogP contribution < -0.4 is 4.72 Å². The molecule has 0 heterocycles. The van der Waals surface area contributed by atoms with E-state index in [0.717, 1.165) is 25.7 Å². The summed E-state index contributed by atoms with van der Waals surface area (Å²) in [4.78, 5) is 0. The Morgan fingerprint density at radius 3 is 2.43 bits per heavy atom. The number of hydrogen-bond donors (Lipinski definition) is 2. The fourth-order valence-electron chi connectivity index (χ4n) is 1.77. The molecule has 1 fully saturated rings. The molecule has 1 aliphatic carbocycles. The van der Waals surface area contributed by atoms with Gasteiger partial charge in [-0.25, -0.2) is 13.1 Å². The van der Waals surface area contributed by atoms with E-state index in [0.29, 0.717) is 19.4 Å². The lowest BCUT2D eigenvalue weighted by atomic mass is 10.3. The van der Waals surface area contributed by atoms with Crippen molar-refractivity contribution < 1.29 is 13.5 Å². The Morgan fingerprint density at radius 2 is 1.86 bits per heavy atom. The highest BCUT2D eigenvalue weighted by Gasteiger charge is 2.27. The SMILES string of the molecule is O=S(=O)(NCCCCO)C1CCCC1. The van der Waals surface area contributed by atoms with Crippen LogP contribution >= 0.6 is 0 Å². The highest BCUT2D eigenvalue weighted by atomic mass is 32.2.